The SMILES string of the molecule is CCc1cc(C)ccc1B(O)O.CNCCN. The monoisotopic (exact) mass is 238 g/mol. The lowest BCUT2D eigenvalue weighted by Crippen LogP contribution is -2.32. The summed E-state index contributed by atoms with van der Waals surface area (Å²) in [6, 6.07) is 5.63. The molecule has 1 rings (SSSR count). The molecule has 17 heavy (non-hydrogen) atoms. The van der Waals surface area contributed by atoms with Gasteiger partial charge < -0.3 is 21.1 Å². The molecule has 0 aliphatic rings. The normalized spacial score (nSPS) is 9.53. The van der Waals surface area contributed by atoms with Gasteiger partial charge in [0.15, 0.2) is 0 Å². The first kappa shape index (κ1) is 16.1. The first-order chi connectivity index (χ1) is 8.06. The molecule has 0 radical (unpaired) electrons. The van der Waals surface area contributed by atoms with Crippen LogP contribution in [0, 0.1) is 6.92 Å². The Morgan fingerprint density at radius 3 is 2.35 bits per heavy atom. The van der Waals surface area contributed by atoms with Gasteiger partial charge in [0.25, 0.3) is 0 Å². The van der Waals surface area contributed by atoms with Crippen LogP contribution >= 0.6 is 0 Å². The molecule has 0 aromatic heterocycles. The van der Waals surface area contributed by atoms with Gasteiger partial charge in [-0.15, -0.1) is 0 Å². The molecule has 0 saturated heterocycles. The van der Waals surface area contributed by atoms with Crippen LogP contribution in [0.2, 0.25) is 0 Å². The Morgan fingerprint density at radius 1 is 1.35 bits per heavy atom. The molecule has 0 amide bonds. The molecular weight excluding hydrogens is 215 g/mol. The summed E-state index contributed by atoms with van der Waals surface area (Å²) in [6.07, 6.45) is 0.828. The number of nitrogens with one attached hydrogen (secondary N) is 1. The van der Waals surface area contributed by atoms with Crippen LogP contribution in [-0.4, -0.2) is 37.3 Å². The molecule has 4 nitrogen and oxygen atoms in total. The highest BCUT2D eigenvalue weighted by atomic mass is 16.4. The van der Waals surface area contributed by atoms with E-state index in [0.717, 1.165) is 30.6 Å². The number of benzene rings is 1. The third-order valence-corrected chi connectivity index (χ3v) is 2.35. The Balaban J connectivity index is 0.000000437. The van der Waals surface area contributed by atoms with Crippen molar-refractivity contribution < 1.29 is 10.0 Å². The van der Waals surface area contributed by atoms with Crippen molar-refractivity contribution in [2.45, 2.75) is 20.3 Å². The lowest BCUT2D eigenvalue weighted by Gasteiger charge is -2.07. The van der Waals surface area contributed by atoms with Crippen LogP contribution in [0.15, 0.2) is 18.2 Å². The second-order valence-corrected chi connectivity index (χ2v) is 3.82. The fourth-order valence-corrected chi connectivity index (χ4v) is 1.44. The topological polar surface area (TPSA) is 78.5 Å². The number of nitrogens with two attached hydrogens (primary N) is 1. The van der Waals surface area contributed by atoms with Gasteiger partial charge in [-0.25, -0.2) is 0 Å². The van der Waals surface area contributed by atoms with E-state index in [9.17, 15) is 0 Å². The highest BCUT2D eigenvalue weighted by Crippen LogP contribution is 2.02. The minimum atomic E-state index is -1.35. The predicted molar refractivity (Wildman–Crippen MR) is 73.4 cm³/mol. The van der Waals surface area contributed by atoms with Crippen LogP contribution in [0.4, 0.5) is 0 Å². The molecule has 0 heterocycles. The van der Waals surface area contributed by atoms with E-state index in [0.29, 0.717) is 5.46 Å². The molecule has 1 aromatic carbocycles. The zero-order valence-electron chi connectivity index (χ0n) is 10.9. The quantitative estimate of drug-likeness (QED) is 0.528. The van der Waals surface area contributed by atoms with E-state index in [1.165, 1.54) is 0 Å². The first-order valence-corrected chi connectivity index (χ1v) is 5.87. The maximum absolute atomic E-state index is 8.98. The number of hydrogen-bond donors (Lipinski definition) is 4. The molecule has 5 heteroatoms. The lowest BCUT2D eigenvalue weighted by atomic mass is 9.76. The van der Waals surface area contributed by atoms with E-state index in [-0.39, 0.29) is 0 Å². The number of aryl methyl sites for hydroxylation is 2. The Hall–Kier alpha value is -0.875. The summed E-state index contributed by atoms with van der Waals surface area (Å²) in [4.78, 5) is 0. The molecule has 96 valence electrons. The summed E-state index contributed by atoms with van der Waals surface area (Å²) in [5.74, 6) is 0. The third kappa shape index (κ3) is 6.43. The second kappa shape index (κ2) is 9.19. The van der Waals surface area contributed by atoms with Crippen LogP contribution in [0.1, 0.15) is 18.1 Å². The summed E-state index contributed by atoms with van der Waals surface area (Å²) in [5, 5.41) is 20.9. The second-order valence-electron chi connectivity index (χ2n) is 3.82. The molecule has 0 bridgehead atoms. The van der Waals surface area contributed by atoms with E-state index < -0.39 is 7.12 Å². The van der Waals surface area contributed by atoms with Gasteiger partial charge in [-0.2, -0.15) is 0 Å². The average molecular weight is 238 g/mol. The van der Waals surface area contributed by atoms with Crippen molar-refractivity contribution in [3.8, 4) is 0 Å². The highest BCUT2D eigenvalue weighted by molar-refractivity contribution is 6.59. The predicted octanol–water partition coefficient (Wildman–Crippen LogP) is -0.598. The summed E-state index contributed by atoms with van der Waals surface area (Å²) in [7, 11) is 0.535. The van der Waals surface area contributed by atoms with E-state index in [1.54, 1.807) is 6.07 Å². The minimum Gasteiger partial charge on any atom is -0.423 e. The standard InChI is InChI=1S/C9H13BO2.C3H10N2/c1-3-8-6-7(2)4-5-9(8)10(11)12;1-5-3-2-4/h4-6,11-12H,3H2,1-2H3;5H,2-4H2,1H3. The molecule has 1 aromatic rings. The van der Waals surface area contributed by atoms with Gasteiger partial charge in [0.05, 0.1) is 0 Å². The fraction of sp³-hybridized carbons (Fsp3) is 0.500. The molecule has 0 saturated carbocycles. The van der Waals surface area contributed by atoms with E-state index >= 15 is 0 Å². The van der Waals surface area contributed by atoms with Gasteiger partial charge in [0, 0.05) is 13.1 Å². The van der Waals surface area contributed by atoms with Crippen molar-refractivity contribution in [1.29, 1.82) is 0 Å². The van der Waals surface area contributed by atoms with Crippen molar-refractivity contribution in [3.05, 3.63) is 29.3 Å². The first-order valence-electron chi connectivity index (χ1n) is 5.87. The molecule has 0 fully saturated rings. The highest BCUT2D eigenvalue weighted by Gasteiger charge is 2.14. The van der Waals surface area contributed by atoms with Crippen molar-refractivity contribution >= 4 is 12.6 Å². The van der Waals surface area contributed by atoms with Crippen molar-refractivity contribution in [2.24, 2.45) is 5.73 Å². The molecule has 5 N–H and O–H groups in total. The molecular formula is C12H23BN2O2. The summed E-state index contributed by atoms with van der Waals surface area (Å²) in [6.45, 7) is 5.64. The number of hydrogen-bond acceptors (Lipinski definition) is 4. The smallest absolute Gasteiger partial charge is 0.423 e. The van der Waals surface area contributed by atoms with Gasteiger partial charge >= 0.3 is 7.12 Å². The molecule has 0 spiro atoms. The van der Waals surface area contributed by atoms with Gasteiger partial charge in [0.1, 0.15) is 0 Å². The lowest BCUT2D eigenvalue weighted by molar-refractivity contribution is 0.425. The third-order valence-electron chi connectivity index (χ3n) is 2.35. The Bertz CT molecular complexity index is 317. The Labute approximate surface area is 104 Å². The number of rotatable bonds is 4. The van der Waals surface area contributed by atoms with Gasteiger partial charge in [-0.05, 0) is 31.4 Å². The zero-order valence-corrected chi connectivity index (χ0v) is 10.9. The van der Waals surface area contributed by atoms with E-state index in [1.807, 2.05) is 33.0 Å². The number of likely N-dealkylation sites (N-methyl/N-ethyl adjacent to an activating group) is 1. The van der Waals surface area contributed by atoms with E-state index in [2.05, 4.69) is 5.32 Å². The maximum atomic E-state index is 8.98. The minimum absolute atomic E-state index is 0.614. The van der Waals surface area contributed by atoms with Crippen molar-refractivity contribution in [1.82, 2.24) is 5.32 Å². The largest absolute Gasteiger partial charge is 0.488 e. The van der Waals surface area contributed by atoms with Crippen LogP contribution < -0.4 is 16.5 Å². The zero-order chi connectivity index (χ0) is 13.3. The van der Waals surface area contributed by atoms with Crippen molar-refractivity contribution in [3.63, 3.8) is 0 Å². The van der Waals surface area contributed by atoms with Crippen LogP contribution in [0.25, 0.3) is 0 Å². The Kier molecular flexibility index (Phi) is 8.71. The average Bonchev–Trinajstić information content (AvgIpc) is 2.30. The van der Waals surface area contributed by atoms with Crippen LogP contribution in [-0.2, 0) is 6.42 Å². The molecule has 0 aliphatic heterocycles. The Morgan fingerprint density at radius 2 is 2.00 bits per heavy atom. The summed E-state index contributed by atoms with van der Waals surface area (Å²) >= 11 is 0. The maximum Gasteiger partial charge on any atom is 0.488 e. The van der Waals surface area contributed by atoms with Crippen LogP contribution in [0.3, 0.4) is 0 Å². The fourth-order valence-electron chi connectivity index (χ4n) is 1.44. The molecule has 0 atom stereocenters. The summed E-state index contributed by atoms with van der Waals surface area (Å²) < 4.78 is 0. The van der Waals surface area contributed by atoms with Crippen LogP contribution in [0.5, 0.6) is 0 Å². The van der Waals surface area contributed by atoms with Gasteiger partial charge in [-0.1, -0.05) is 30.7 Å². The summed E-state index contributed by atoms with van der Waals surface area (Å²) in [5.41, 5.74) is 7.84. The van der Waals surface area contributed by atoms with Gasteiger partial charge in [0.2, 0.25) is 0 Å². The molecule has 0 unspecified atom stereocenters. The van der Waals surface area contributed by atoms with Gasteiger partial charge in [-0.3, -0.25) is 0 Å². The van der Waals surface area contributed by atoms with E-state index in [4.69, 9.17) is 15.8 Å². The molecule has 0 aliphatic carbocycles. The van der Waals surface area contributed by atoms with Crippen molar-refractivity contribution in [2.75, 3.05) is 20.1 Å².